The number of furan rings is 2. The Morgan fingerprint density at radius 3 is 1.18 bits per heavy atom. The summed E-state index contributed by atoms with van der Waals surface area (Å²) in [6, 6.07) is 72.1. The predicted molar refractivity (Wildman–Crippen MR) is 305 cm³/mol. The van der Waals surface area contributed by atoms with Crippen LogP contribution in [-0.2, 0) is 5.41 Å². The highest BCUT2D eigenvalue weighted by Gasteiger charge is 2.37. The summed E-state index contributed by atoms with van der Waals surface area (Å²) in [6.45, 7) is 4.81. The van der Waals surface area contributed by atoms with Crippen LogP contribution in [0.25, 0.3) is 76.5 Å². The van der Waals surface area contributed by atoms with Crippen LogP contribution in [0.15, 0.2) is 203 Å². The highest BCUT2D eigenvalue weighted by Crippen LogP contribution is 2.53. The van der Waals surface area contributed by atoms with E-state index in [-0.39, 0.29) is 5.41 Å². The Morgan fingerprint density at radius 2 is 0.753 bits per heavy atom. The molecule has 2 aromatic heterocycles. The van der Waals surface area contributed by atoms with E-state index in [1.54, 1.807) is 0 Å². The fourth-order valence-electron chi connectivity index (χ4n) is 13.6. The van der Waals surface area contributed by atoms with Gasteiger partial charge >= 0.3 is 0 Å². The molecular weight excluding hydrogens is 889 g/mol. The molecule has 2 saturated carbocycles. The molecule has 15 rings (SSSR count). The van der Waals surface area contributed by atoms with Gasteiger partial charge < -0.3 is 18.6 Å². The van der Waals surface area contributed by atoms with Gasteiger partial charge in [0.15, 0.2) is 11.2 Å². The number of nitrogens with zero attached hydrogens (tertiary/aromatic N) is 2. The highest BCUT2D eigenvalue weighted by atomic mass is 16.3. The molecule has 2 heterocycles. The van der Waals surface area contributed by atoms with Crippen LogP contribution < -0.4 is 9.80 Å². The average molecular weight is 945 g/mol. The number of benzene rings is 10. The van der Waals surface area contributed by atoms with E-state index in [0.29, 0.717) is 11.8 Å². The SMILES string of the molecule is CC1(C)c2cc3cc(N(c4ccccc4)c4cccc5c4oc4c(C6CCCC6)cccc45)ccc3cc2-c2cc3ccc(N(c4ccccc4)c4cccc5c4oc4c(C6CCCC6)cccc45)cc3cc21. The van der Waals surface area contributed by atoms with Gasteiger partial charge in [0.05, 0.1) is 11.4 Å². The minimum absolute atomic E-state index is 0.231. The number of rotatable bonds is 8. The first-order valence-corrected chi connectivity index (χ1v) is 26.7. The van der Waals surface area contributed by atoms with Crippen molar-refractivity contribution in [1.29, 1.82) is 0 Å². The molecule has 12 aromatic rings. The van der Waals surface area contributed by atoms with Crippen molar-refractivity contribution in [3.63, 3.8) is 0 Å². The molecule has 354 valence electrons. The van der Waals surface area contributed by atoms with Crippen molar-refractivity contribution < 1.29 is 8.83 Å². The second-order valence-electron chi connectivity index (χ2n) is 21.7. The topological polar surface area (TPSA) is 32.8 Å². The van der Waals surface area contributed by atoms with Crippen LogP contribution in [0.2, 0.25) is 0 Å². The van der Waals surface area contributed by atoms with Gasteiger partial charge in [0.25, 0.3) is 0 Å². The van der Waals surface area contributed by atoms with Gasteiger partial charge in [0.1, 0.15) is 11.2 Å². The zero-order valence-corrected chi connectivity index (χ0v) is 41.5. The van der Waals surface area contributed by atoms with E-state index < -0.39 is 0 Å². The van der Waals surface area contributed by atoms with E-state index in [0.717, 1.165) is 67.2 Å². The van der Waals surface area contributed by atoms with E-state index in [9.17, 15) is 0 Å². The predicted octanol–water partition coefficient (Wildman–Crippen LogP) is 20.4. The van der Waals surface area contributed by atoms with Crippen LogP contribution in [0.3, 0.4) is 0 Å². The molecule has 0 atom stereocenters. The number of para-hydroxylation sites is 6. The third kappa shape index (κ3) is 6.65. The van der Waals surface area contributed by atoms with Crippen LogP contribution in [-0.4, -0.2) is 0 Å². The first kappa shape index (κ1) is 42.6. The molecular formula is C69H56N2O2. The lowest BCUT2D eigenvalue weighted by molar-refractivity contribution is 0.643. The number of hydrogen-bond donors (Lipinski definition) is 0. The molecule has 4 nitrogen and oxygen atoms in total. The molecule has 0 radical (unpaired) electrons. The fraction of sp³-hybridized carbons (Fsp3) is 0.188. The molecule has 3 aliphatic carbocycles. The van der Waals surface area contributed by atoms with Crippen molar-refractivity contribution in [2.45, 2.75) is 82.5 Å². The largest absolute Gasteiger partial charge is 0.454 e. The molecule has 0 aliphatic heterocycles. The maximum absolute atomic E-state index is 7.06. The molecule has 0 spiro atoms. The van der Waals surface area contributed by atoms with E-state index in [2.05, 4.69) is 218 Å². The van der Waals surface area contributed by atoms with E-state index in [1.807, 2.05) is 0 Å². The van der Waals surface area contributed by atoms with Gasteiger partial charge in [-0.3, -0.25) is 0 Å². The van der Waals surface area contributed by atoms with Crippen LogP contribution in [0.4, 0.5) is 34.1 Å². The summed E-state index contributed by atoms with van der Waals surface area (Å²) in [5, 5.41) is 9.63. The van der Waals surface area contributed by atoms with Crippen molar-refractivity contribution in [3.05, 3.63) is 216 Å². The first-order chi connectivity index (χ1) is 35.9. The summed E-state index contributed by atoms with van der Waals surface area (Å²) < 4.78 is 14.1. The number of anilines is 6. The van der Waals surface area contributed by atoms with Crippen LogP contribution >= 0.6 is 0 Å². The van der Waals surface area contributed by atoms with Gasteiger partial charge in [-0.1, -0.05) is 149 Å². The number of hydrogen-bond acceptors (Lipinski definition) is 4. The molecule has 0 saturated heterocycles. The van der Waals surface area contributed by atoms with Crippen molar-refractivity contribution in [3.8, 4) is 11.1 Å². The lowest BCUT2D eigenvalue weighted by Gasteiger charge is -2.26. The van der Waals surface area contributed by atoms with Gasteiger partial charge in [-0.25, -0.2) is 0 Å². The smallest absolute Gasteiger partial charge is 0.159 e. The zero-order chi connectivity index (χ0) is 48.4. The van der Waals surface area contributed by atoms with Gasteiger partial charge in [-0.05, 0) is 177 Å². The van der Waals surface area contributed by atoms with Gasteiger partial charge in [-0.15, -0.1) is 0 Å². The van der Waals surface area contributed by atoms with Crippen LogP contribution in [0.1, 0.15) is 99.3 Å². The Balaban J connectivity index is 0.832. The van der Waals surface area contributed by atoms with E-state index in [1.165, 1.54) is 117 Å². The van der Waals surface area contributed by atoms with Crippen molar-refractivity contribution in [2.24, 2.45) is 0 Å². The Labute approximate surface area is 426 Å². The summed E-state index contributed by atoms with van der Waals surface area (Å²) in [4.78, 5) is 4.77. The minimum atomic E-state index is -0.231. The summed E-state index contributed by atoms with van der Waals surface area (Å²) in [7, 11) is 0. The van der Waals surface area contributed by atoms with Crippen LogP contribution in [0, 0.1) is 0 Å². The molecule has 0 bridgehead atoms. The van der Waals surface area contributed by atoms with Gasteiger partial charge in [0, 0.05) is 49.7 Å². The fourth-order valence-corrected chi connectivity index (χ4v) is 13.6. The van der Waals surface area contributed by atoms with E-state index >= 15 is 0 Å². The quantitative estimate of drug-likeness (QED) is 0.152. The van der Waals surface area contributed by atoms with Crippen molar-refractivity contribution in [1.82, 2.24) is 0 Å². The monoisotopic (exact) mass is 944 g/mol. The Bertz CT molecular complexity index is 3880. The van der Waals surface area contributed by atoms with Gasteiger partial charge in [-0.2, -0.15) is 0 Å². The lowest BCUT2D eigenvalue weighted by atomic mass is 9.81. The Kier molecular flexibility index (Phi) is 9.61. The van der Waals surface area contributed by atoms with Crippen molar-refractivity contribution in [2.75, 3.05) is 9.80 Å². The number of fused-ring (bicyclic) bond motifs is 11. The summed E-state index contributed by atoms with van der Waals surface area (Å²) in [5.41, 5.74) is 18.3. The van der Waals surface area contributed by atoms with Gasteiger partial charge in [0.2, 0.25) is 0 Å². The first-order valence-electron chi connectivity index (χ1n) is 26.7. The maximum atomic E-state index is 7.06. The molecule has 73 heavy (non-hydrogen) atoms. The average Bonchev–Trinajstić information content (AvgIpc) is 4.31. The van der Waals surface area contributed by atoms with E-state index in [4.69, 9.17) is 8.83 Å². The zero-order valence-electron chi connectivity index (χ0n) is 41.5. The normalized spacial score (nSPS) is 15.6. The van der Waals surface area contributed by atoms with Crippen LogP contribution in [0.5, 0.6) is 0 Å². The summed E-state index contributed by atoms with van der Waals surface area (Å²) >= 11 is 0. The molecule has 3 aliphatic rings. The third-order valence-corrected chi connectivity index (χ3v) is 17.2. The summed E-state index contributed by atoms with van der Waals surface area (Å²) in [5.74, 6) is 1.11. The maximum Gasteiger partial charge on any atom is 0.159 e. The second kappa shape index (κ2) is 16.5. The van der Waals surface area contributed by atoms with Crippen molar-refractivity contribution >= 4 is 99.5 Å². The molecule has 0 amide bonds. The highest BCUT2D eigenvalue weighted by molar-refractivity contribution is 6.13. The standard InChI is InChI=1S/C69H56N2O2/c1-69(2)61-41-47-37-51(70(49-21-5-3-6-22-49)63-31-15-29-57-55-27-13-25-53(43-17-9-10-18-43)65(55)72-67(57)63)35-33-45(47)39-59(61)60-40-46-34-36-52(38-48(46)42-62(60)69)71(50-23-7-4-8-24-50)64-32-16-30-58-56-28-14-26-54(44-19-11-12-20-44)66(56)73-68(58)64/h3-8,13-16,21-44H,9-12,17-20H2,1-2H3. The molecule has 10 aromatic carbocycles. The minimum Gasteiger partial charge on any atom is -0.454 e. The Morgan fingerprint density at radius 1 is 0.356 bits per heavy atom. The second-order valence-corrected chi connectivity index (χ2v) is 21.7. The molecule has 0 unspecified atom stereocenters. The summed E-state index contributed by atoms with van der Waals surface area (Å²) in [6.07, 6.45) is 10.1. The third-order valence-electron chi connectivity index (χ3n) is 17.2. The Hall–Kier alpha value is -8.08. The molecule has 4 heteroatoms. The molecule has 0 N–H and O–H groups in total. The molecule has 2 fully saturated rings. The lowest BCUT2D eigenvalue weighted by Crippen LogP contribution is -2.15.